The van der Waals surface area contributed by atoms with Gasteiger partial charge in [0.25, 0.3) is 0 Å². The highest BCUT2D eigenvalue weighted by Crippen LogP contribution is 2.21. The molecule has 0 spiro atoms. The van der Waals surface area contributed by atoms with E-state index in [-0.39, 0.29) is 0 Å². The molecule has 0 unspecified atom stereocenters. The quantitative estimate of drug-likeness (QED) is 0.714. The predicted octanol–water partition coefficient (Wildman–Crippen LogP) is 1.09. The maximum Gasteiger partial charge on any atom is 0.225 e. The molecule has 1 aliphatic rings. The maximum absolute atomic E-state index is 5.10. The number of nitrogens with zero attached hydrogens (tertiary/aromatic N) is 7. The number of hydrogen-bond donors (Lipinski definition) is 0. The first kappa shape index (κ1) is 14.7. The summed E-state index contributed by atoms with van der Waals surface area (Å²) in [5, 5.41) is 0. The van der Waals surface area contributed by atoms with E-state index >= 15 is 0 Å². The van der Waals surface area contributed by atoms with Gasteiger partial charge in [-0.3, -0.25) is 4.57 Å². The van der Waals surface area contributed by atoms with Gasteiger partial charge in [0.2, 0.25) is 11.9 Å². The lowest BCUT2D eigenvalue weighted by Crippen LogP contribution is -2.47. The summed E-state index contributed by atoms with van der Waals surface area (Å²) in [6.07, 6.45) is 5.20. The zero-order valence-electron chi connectivity index (χ0n) is 13.8. The first-order valence-electron chi connectivity index (χ1n) is 7.89. The fraction of sp³-hybridized carbons (Fsp3) is 0.375. The van der Waals surface area contributed by atoms with Crippen LogP contribution in [0.15, 0.2) is 30.7 Å². The Balaban J connectivity index is 1.49. The van der Waals surface area contributed by atoms with Gasteiger partial charge in [-0.1, -0.05) is 0 Å². The monoisotopic (exact) mass is 325 g/mol. The largest absolute Gasteiger partial charge is 0.494 e. The van der Waals surface area contributed by atoms with Crippen LogP contribution in [0.2, 0.25) is 0 Å². The van der Waals surface area contributed by atoms with Crippen molar-refractivity contribution in [1.82, 2.24) is 24.5 Å². The number of fused-ring (bicyclic) bond motifs is 1. The van der Waals surface area contributed by atoms with Crippen molar-refractivity contribution in [2.75, 3.05) is 43.1 Å². The summed E-state index contributed by atoms with van der Waals surface area (Å²) < 4.78 is 7.16. The van der Waals surface area contributed by atoms with Gasteiger partial charge in [-0.15, -0.1) is 0 Å². The average Bonchev–Trinajstić information content (AvgIpc) is 2.99. The minimum Gasteiger partial charge on any atom is -0.494 e. The summed E-state index contributed by atoms with van der Waals surface area (Å²) in [7, 11) is 3.62. The molecular weight excluding hydrogens is 306 g/mol. The van der Waals surface area contributed by atoms with Crippen molar-refractivity contribution in [1.29, 1.82) is 0 Å². The van der Waals surface area contributed by atoms with Crippen molar-refractivity contribution < 1.29 is 4.74 Å². The van der Waals surface area contributed by atoms with E-state index in [0.29, 0.717) is 5.75 Å². The van der Waals surface area contributed by atoms with Crippen molar-refractivity contribution in [2.24, 2.45) is 7.05 Å². The van der Waals surface area contributed by atoms with Crippen molar-refractivity contribution in [3.05, 3.63) is 30.7 Å². The number of methoxy groups -OCH3 is 1. The van der Waals surface area contributed by atoms with E-state index in [1.54, 1.807) is 25.7 Å². The van der Waals surface area contributed by atoms with Crippen molar-refractivity contribution in [3.63, 3.8) is 0 Å². The molecule has 0 aliphatic carbocycles. The molecule has 4 heterocycles. The molecule has 124 valence electrons. The third kappa shape index (κ3) is 2.49. The van der Waals surface area contributed by atoms with E-state index in [0.717, 1.165) is 49.2 Å². The van der Waals surface area contributed by atoms with Gasteiger partial charge in [-0.25, -0.2) is 19.9 Å². The molecule has 8 nitrogen and oxygen atoms in total. The number of rotatable bonds is 3. The second kappa shape index (κ2) is 5.95. The Hall–Kier alpha value is -2.90. The molecule has 3 aromatic rings. The van der Waals surface area contributed by atoms with Crippen LogP contribution in [0.3, 0.4) is 0 Å². The Morgan fingerprint density at radius 1 is 1.00 bits per heavy atom. The van der Waals surface area contributed by atoms with Gasteiger partial charge >= 0.3 is 0 Å². The lowest BCUT2D eigenvalue weighted by atomic mass is 10.3. The van der Waals surface area contributed by atoms with Gasteiger partial charge in [0.15, 0.2) is 11.4 Å². The second-order valence-electron chi connectivity index (χ2n) is 5.71. The minimum absolute atomic E-state index is 0.671. The fourth-order valence-corrected chi connectivity index (χ4v) is 2.98. The molecular formula is C16H19N7O. The number of aromatic nitrogens is 5. The maximum atomic E-state index is 5.10. The Morgan fingerprint density at radius 2 is 1.71 bits per heavy atom. The number of ether oxygens (including phenoxy) is 1. The molecule has 0 aromatic carbocycles. The first-order valence-corrected chi connectivity index (χ1v) is 7.89. The summed E-state index contributed by atoms with van der Waals surface area (Å²) in [6.45, 7) is 3.44. The van der Waals surface area contributed by atoms with Gasteiger partial charge in [-0.05, 0) is 12.1 Å². The summed E-state index contributed by atoms with van der Waals surface area (Å²) in [6, 6.07) is 3.91. The molecule has 1 aliphatic heterocycles. The SMILES string of the molecule is COc1cnc(N2CCN(c3nc4cccnc4n3C)CC2)nc1. The third-order valence-corrected chi connectivity index (χ3v) is 4.30. The Kier molecular flexibility index (Phi) is 3.64. The molecule has 0 N–H and O–H groups in total. The molecule has 0 bridgehead atoms. The van der Waals surface area contributed by atoms with Crippen LogP contribution in [0.1, 0.15) is 0 Å². The highest BCUT2D eigenvalue weighted by Gasteiger charge is 2.22. The van der Waals surface area contributed by atoms with Crippen LogP contribution in [0.4, 0.5) is 11.9 Å². The van der Waals surface area contributed by atoms with Crippen LogP contribution in [0.25, 0.3) is 11.2 Å². The molecule has 3 aromatic heterocycles. The average molecular weight is 325 g/mol. The van der Waals surface area contributed by atoms with E-state index in [4.69, 9.17) is 9.72 Å². The van der Waals surface area contributed by atoms with Gasteiger partial charge in [0, 0.05) is 39.4 Å². The molecule has 1 saturated heterocycles. The van der Waals surface area contributed by atoms with Crippen molar-refractivity contribution >= 4 is 23.1 Å². The van der Waals surface area contributed by atoms with Crippen LogP contribution >= 0.6 is 0 Å². The number of anilines is 2. The van der Waals surface area contributed by atoms with Crippen LogP contribution < -0.4 is 14.5 Å². The van der Waals surface area contributed by atoms with Crippen molar-refractivity contribution in [3.8, 4) is 5.75 Å². The number of imidazole rings is 1. The topological polar surface area (TPSA) is 72.2 Å². The van der Waals surface area contributed by atoms with Crippen LogP contribution in [0, 0.1) is 0 Å². The Labute approximate surface area is 139 Å². The molecule has 0 atom stereocenters. The summed E-state index contributed by atoms with van der Waals surface area (Å²) in [5.41, 5.74) is 1.84. The fourth-order valence-electron chi connectivity index (χ4n) is 2.98. The van der Waals surface area contributed by atoms with E-state index in [2.05, 4.69) is 29.3 Å². The van der Waals surface area contributed by atoms with E-state index in [1.165, 1.54) is 0 Å². The molecule has 0 saturated carbocycles. The van der Waals surface area contributed by atoms with Gasteiger partial charge < -0.3 is 14.5 Å². The van der Waals surface area contributed by atoms with Crippen molar-refractivity contribution in [2.45, 2.75) is 0 Å². The highest BCUT2D eigenvalue weighted by molar-refractivity contribution is 5.74. The molecule has 1 fully saturated rings. The summed E-state index contributed by atoms with van der Waals surface area (Å²) >= 11 is 0. The Bertz CT molecular complexity index is 837. The highest BCUT2D eigenvalue weighted by atomic mass is 16.5. The first-order chi connectivity index (χ1) is 11.8. The minimum atomic E-state index is 0.671. The number of hydrogen-bond acceptors (Lipinski definition) is 7. The zero-order chi connectivity index (χ0) is 16.5. The van der Waals surface area contributed by atoms with Crippen LogP contribution in [-0.2, 0) is 7.05 Å². The molecule has 8 heteroatoms. The third-order valence-electron chi connectivity index (χ3n) is 4.30. The van der Waals surface area contributed by atoms with Gasteiger partial charge in [-0.2, -0.15) is 0 Å². The number of pyridine rings is 1. The lowest BCUT2D eigenvalue weighted by Gasteiger charge is -2.35. The number of piperazine rings is 1. The van der Waals surface area contributed by atoms with Crippen LogP contribution in [0.5, 0.6) is 5.75 Å². The predicted molar refractivity (Wildman–Crippen MR) is 91.5 cm³/mol. The number of aryl methyl sites for hydroxylation is 1. The normalized spacial score (nSPS) is 15.1. The van der Waals surface area contributed by atoms with Gasteiger partial charge in [0.1, 0.15) is 5.52 Å². The molecule has 24 heavy (non-hydrogen) atoms. The Morgan fingerprint density at radius 3 is 2.38 bits per heavy atom. The molecule has 0 radical (unpaired) electrons. The molecule has 4 rings (SSSR count). The summed E-state index contributed by atoms with van der Waals surface area (Å²) in [4.78, 5) is 22.3. The second-order valence-corrected chi connectivity index (χ2v) is 5.71. The van der Waals surface area contributed by atoms with Crippen LogP contribution in [-0.4, -0.2) is 57.8 Å². The zero-order valence-corrected chi connectivity index (χ0v) is 13.8. The van der Waals surface area contributed by atoms with Gasteiger partial charge in [0.05, 0.1) is 19.5 Å². The van der Waals surface area contributed by atoms with E-state index in [1.807, 2.05) is 19.2 Å². The summed E-state index contributed by atoms with van der Waals surface area (Å²) in [5.74, 6) is 2.37. The van der Waals surface area contributed by atoms with E-state index in [9.17, 15) is 0 Å². The smallest absolute Gasteiger partial charge is 0.225 e. The van der Waals surface area contributed by atoms with E-state index < -0.39 is 0 Å². The standard InChI is InChI=1S/C16H19N7O/c1-21-14-13(4-3-5-17-14)20-16(21)23-8-6-22(7-9-23)15-18-10-12(24-2)11-19-15/h3-5,10-11H,6-9H2,1-2H3. The molecule has 0 amide bonds. The lowest BCUT2D eigenvalue weighted by molar-refractivity contribution is 0.410.